The van der Waals surface area contributed by atoms with Gasteiger partial charge in [-0.05, 0) is 50.2 Å². The third-order valence-electron chi connectivity index (χ3n) is 5.71. The Balaban J connectivity index is 1.63. The molecule has 0 saturated carbocycles. The largest absolute Gasteiger partial charge is 0.468 e. The standard InChI is InChI=1S/C25H26N4O5S/c1-18-11-13-22(14-12-18)35(32,33)28(16-21-10-7-15-34-21)17-23(30)26-24-19(2)27(3)29(25(24)31)20-8-5-4-6-9-20/h4-15H,16-17H2,1-3H3,(H,26,30). The fourth-order valence-electron chi connectivity index (χ4n) is 3.71. The smallest absolute Gasteiger partial charge is 0.295 e. The molecule has 182 valence electrons. The van der Waals surface area contributed by atoms with Crippen molar-refractivity contribution >= 4 is 21.6 Å². The zero-order valence-corrected chi connectivity index (χ0v) is 20.5. The second-order valence-corrected chi connectivity index (χ2v) is 10.1. The van der Waals surface area contributed by atoms with Crippen molar-refractivity contribution in [1.29, 1.82) is 0 Å². The number of carbonyl (C=O) groups excluding carboxylic acids is 1. The zero-order valence-electron chi connectivity index (χ0n) is 19.6. The van der Waals surface area contributed by atoms with E-state index in [1.807, 2.05) is 25.1 Å². The number of nitrogens with zero attached hydrogens (tertiary/aromatic N) is 3. The number of sulfonamides is 1. The van der Waals surface area contributed by atoms with Crippen LogP contribution in [0.1, 0.15) is 17.0 Å². The lowest BCUT2D eigenvalue weighted by Crippen LogP contribution is -2.38. The van der Waals surface area contributed by atoms with Gasteiger partial charge in [0.2, 0.25) is 15.9 Å². The number of aromatic nitrogens is 2. The lowest BCUT2D eigenvalue weighted by molar-refractivity contribution is -0.116. The minimum atomic E-state index is -4.02. The molecule has 2 aromatic heterocycles. The SMILES string of the molecule is Cc1ccc(S(=O)(=O)N(CC(=O)Nc2c(C)n(C)n(-c3ccccc3)c2=O)Cc2ccco2)cc1. The van der Waals surface area contributed by atoms with E-state index in [-0.39, 0.29) is 17.1 Å². The summed E-state index contributed by atoms with van der Waals surface area (Å²) in [5, 5.41) is 2.62. The first-order chi connectivity index (χ1) is 16.7. The van der Waals surface area contributed by atoms with Crippen LogP contribution in [0, 0.1) is 13.8 Å². The van der Waals surface area contributed by atoms with Gasteiger partial charge in [-0.3, -0.25) is 14.3 Å². The highest BCUT2D eigenvalue weighted by Crippen LogP contribution is 2.20. The maximum atomic E-state index is 13.4. The Kier molecular flexibility index (Phi) is 6.77. The van der Waals surface area contributed by atoms with Crippen LogP contribution in [0.15, 0.2) is 87.1 Å². The Bertz CT molecular complexity index is 1490. The molecule has 0 aliphatic carbocycles. The van der Waals surface area contributed by atoms with Crippen molar-refractivity contribution < 1.29 is 17.6 Å². The molecule has 0 radical (unpaired) electrons. The number of hydrogen-bond donors (Lipinski definition) is 1. The van der Waals surface area contributed by atoms with E-state index in [0.717, 1.165) is 9.87 Å². The fourth-order valence-corrected chi connectivity index (χ4v) is 5.08. The first kappa shape index (κ1) is 24.2. The zero-order chi connectivity index (χ0) is 25.2. The highest BCUT2D eigenvalue weighted by atomic mass is 32.2. The van der Waals surface area contributed by atoms with E-state index in [9.17, 15) is 18.0 Å². The number of amides is 1. The molecule has 4 rings (SSSR count). The van der Waals surface area contributed by atoms with Gasteiger partial charge in [0.15, 0.2) is 0 Å². The van der Waals surface area contributed by atoms with Crippen LogP contribution >= 0.6 is 0 Å². The van der Waals surface area contributed by atoms with E-state index >= 15 is 0 Å². The lowest BCUT2D eigenvalue weighted by Gasteiger charge is -2.21. The van der Waals surface area contributed by atoms with Crippen molar-refractivity contribution in [3.05, 3.63) is 100 Å². The summed E-state index contributed by atoms with van der Waals surface area (Å²) in [6.07, 6.45) is 1.44. The molecule has 35 heavy (non-hydrogen) atoms. The van der Waals surface area contributed by atoms with Crippen LogP contribution in [0.3, 0.4) is 0 Å². The summed E-state index contributed by atoms with van der Waals surface area (Å²) in [4.78, 5) is 26.2. The molecule has 2 heterocycles. The van der Waals surface area contributed by atoms with Crippen LogP contribution in [0.2, 0.25) is 0 Å². The molecular formula is C25H26N4O5S. The fraction of sp³-hybridized carbons (Fsp3) is 0.200. The number of benzene rings is 2. The molecule has 0 bridgehead atoms. The van der Waals surface area contributed by atoms with Gasteiger partial charge in [-0.2, -0.15) is 4.31 Å². The van der Waals surface area contributed by atoms with Crippen molar-refractivity contribution in [1.82, 2.24) is 13.7 Å². The summed E-state index contributed by atoms with van der Waals surface area (Å²) in [6, 6.07) is 18.7. The van der Waals surface area contributed by atoms with Gasteiger partial charge < -0.3 is 9.73 Å². The third kappa shape index (κ3) is 4.98. The van der Waals surface area contributed by atoms with Gasteiger partial charge in [0.1, 0.15) is 11.4 Å². The van der Waals surface area contributed by atoms with Crippen molar-refractivity contribution in [3.8, 4) is 5.69 Å². The first-order valence-electron chi connectivity index (χ1n) is 10.9. The van der Waals surface area contributed by atoms with Crippen LogP contribution in [0.4, 0.5) is 5.69 Å². The van der Waals surface area contributed by atoms with Gasteiger partial charge in [0.25, 0.3) is 5.56 Å². The van der Waals surface area contributed by atoms with E-state index in [0.29, 0.717) is 17.1 Å². The minimum Gasteiger partial charge on any atom is -0.468 e. The first-order valence-corrected chi connectivity index (χ1v) is 12.4. The number of hydrogen-bond acceptors (Lipinski definition) is 5. The number of aryl methyl sites for hydroxylation is 1. The summed E-state index contributed by atoms with van der Waals surface area (Å²) >= 11 is 0. The number of para-hydroxylation sites is 1. The maximum Gasteiger partial charge on any atom is 0.295 e. The molecule has 0 aliphatic heterocycles. The molecule has 0 aliphatic rings. The molecule has 1 amide bonds. The summed E-state index contributed by atoms with van der Waals surface area (Å²) in [6.45, 7) is 2.92. The molecule has 0 unspecified atom stereocenters. The maximum absolute atomic E-state index is 13.4. The Hall–Kier alpha value is -3.89. The molecule has 1 N–H and O–H groups in total. The molecule has 10 heteroatoms. The Labute approximate surface area is 203 Å². The van der Waals surface area contributed by atoms with Crippen LogP contribution in [-0.2, 0) is 28.4 Å². The van der Waals surface area contributed by atoms with Crippen molar-refractivity contribution in [2.24, 2.45) is 7.05 Å². The van der Waals surface area contributed by atoms with E-state index in [2.05, 4.69) is 5.32 Å². The summed E-state index contributed by atoms with van der Waals surface area (Å²) in [5.41, 5.74) is 1.76. The number of anilines is 1. The lowest BCUT2D eigenvalue weighted by atomic mass is 10.2. The Morgan fingerprint density at radius 1 is 1.00 bits per heavy atom. The molecular weight excluding hydrogens is 468 g/mol. The molecule has 0 saturated heterocycles. The Morgan fingerprint density at radius 2 is 1.69 bits per heavy atom. The minimum absolute atomic E-state index is 0.0600. The second kappa shape index (κ2) is 9.77. The highest BCUT2D eigenvalue weighted by molar-refractivity contribution is 7.89. The number of nitrogens with one attached hydrogen (secondary N) is 1. The number of rotatable bonds is 8. The van der Waals surface area contributed by atoms with Gasteiger partial charge in [0, 0.05) is 7.05 Å². The molecule has 9 nitrogen and oxygen atoms in total. The van der Waals surface area contributed by atoms with E-state index in [4.69, 9.17) is 4.42 Å². The monoisotopic (exact) mass is 494 g/mol. The van der Waals surface area contributed by atoms with Gasteiger partial charge >= 0.3 is 0 Å². The Morgan fingerprint density at radius 3 is 2.31 bits per heavy atom. The summed E-state index contributed by atoms with van der Waals surface area (Å²) < 4.78 is 36.2. The molecule has 0 fully saturated rings. The quantitative estimate of drug-likeness (QED) is 0.405. The predicted molar refractivity (Wildman–Crippen MR) is 132 cm³/mol. The number of furan rings is 1. The van der Waals surface area contributed by atoms with Gasteiger partial charge in [-0.1, -0.05) is 35.9 Å². The van der Waals surface area contributed by atoms with Gasteiger partial charge in [-0.15, -0.1) is 0 Å². The van der Waals surface area contributed by atoms with Crippen LogP contribution < -0.4 is 10.9 Å². The van der Waals surface area contributed by atoms with Crippen molar-refractivity contribution in [2.75, 3.05) is 11.9 Å². The summed E-state index contributed by atoms with van der Waals surface area (Å²) in [5.74, 6) is -0.255. The van der Waals surface area contributed by atoms with Crippen molar-refractivity contribution in [3.63, 3.8) is 0 Å². The van der Waals surface area contributed by atoms with Crippen molar-refractivity contribution in [2.45, 2.75) is 25.3 Å². The second-order valence-electron chi connectivity index (χ2n) is 8.15. The molecule has 2 aromatic carbocycles. The summed E-state index contributed by atoms with van der Waals surface area (Å²) in [7, 11) is -2.31. The molecule has 0 atom stereocenters. The van der Waals surface area contributed by atoms with Crippen LogP contribution in [0.5, 0.6) is 0 Å². The van der Waals surface area contributed by atoms with Gasteiger partial charge in [0.05, 0.1) is 35.6 Å². The van der Waals surface area contributed by atoms with E-state index in [1.165, 1.54) is 23.1 Å². The highest BCUT2D eigenvalue weighted by Gasteiger charge is 2.29. The molecule has 4 aromatic rings. The van der Waals surface area contributed by atoms with E-state index in [1.54, 1.807) is 55.1 Å². The molecule has 0 spiro atoms. The van der Waals surface area contributed by atoms with Crippen LogP contribution in [0.25, 0.3) is 5.69 Å². The predicted octanol–water partition coefficient (Wildman–Crippen LogP) is 3.22. The third-order valence-corrected chi connectivity index (χ3v) is 7.52. The average molecular weight is 495 g/mol. The average Bonchev–Trinajstić information content (AvgIpc) is 3.42. The topological polar surface area (TPSA) is 107 Å². The van der Waals surface area contributed by atoms with E-state index < -0.39 is 28.0 Å². The van der Waals surface area contributed by atoms with Crippen LogP contribution in [-0.4, -0.2) is 34.5 Å². The normalized spacial score (nSPS) is 11.7. The van der Waals surface area contributed by atoms with Gasteiger partial charge in [-0.25, -0.2) is 13.1 Å². The number of carbonyl (C=O) groups is 1.